The molecule has 27 heavy (non-hydrogen) atoms. The third-order valence-electron chi connectivity index (χ3n) is 4.47. The molecule has 142 valence electrons. The Morgan fingerprint density at radius 2 is 2.19 bits per heavy atom. The lowest BCUT2D eigenvalue weighted by molar-refractivity contribution is -0.131. The number of rotatable bonds is 5. The molecule has 0 bridgehead atoms. The number of carbonyl (C=O) groups excluding carboxylic acids is 2. The number of anilines is 1. The molecule has 4 rings (SSSR count). The third kappa shape index (κ3) is 3.85. The molecule has 0 radical (unpaired) electrons. The van der Waals surface area contributed by atoms with Crippen molar-refractivity contribution in [2.45, 2.75) is 19.4 Å². The number of hydrogen-bond donors (Lipinski definition) is 1. The standard InChI is InChI=1S/C18H20N4O2S3/c1-21(2)18-20-17-14(27-18)9-13(26-17)16(24)19-6-3-15(23)22-7-4-12-11(10-22)5-8-25-12/h5,8-9H,3-4,6-7,10H2,1-2H3,(H,19,24). The average Bonchev–Trinajstić information content (AvgIpc) is 3.34. The molecule has 3 aromatic rings. The van der Waals surface area contributed by atoms with Crippen LogP contribution in [0.15, 0.2) is 17.5 Å². The molecule has 6 nitrogen and oxygen atoms in total. The fourth-order valence-electron chi connectivity index (χ4n) is 3.02. The first-order chi connectivity index (χ1) is 13.0. The van der Waals surface area contributed by atoms with E-state index in [1.165, 1.54) is 21.8 Å². The van der Waals surface area contributed by atoms with E-state index in [9.17, 15) is 9.59 Å². The van der Waals surface area contributed by atoms with Gasteiger partial charge in [-0.1, -0.05) is 11.3 Å². The van der Waals surface area contributed by atoms with E-state index in [0.717, 1.165) is 27.6 Å². The smallest absolute Gasteiger partial charge is 0.261 e. The quantitative estimate of drug-likeness (QED) is 0.688. The van der Waals surface area contributed by atoms with Gasteiger partial charge in [0.05, 0.1) is 9.58 Å². The molecule has 4 heterocycles. The predicted octanol–water partition coefficient (Wildman–Crippen LogP) is 3.19. The highest BCUT2D eigenvalue weighted by Crippen LogP contribution is 2.33. The van der Waals surface area contributed by atoms with Gasteiger partial charge < -0.3 is 15.1 Å². The number of thiophene rings is 2. The van der Waals surface area contributed by atoms with Gasteiger partial charge in [0.1, 0.15) is 4.83 Å². The van der Waals surface area contributed by atoms with Gasteiger partial charge in [-0.25, -0.2) is 4.98 Å². The van der Waals surface area contributed by atoms with Crippen molar-refractivity contribution in [3.8, 4) is 0 Å². The maximum Gasteiger partial charge on any atom is 0.261 e. The van der Waals surface area contributed by atoms with Crippen molar-refractivity contribution in [1.29, 1.82) is 0 Å². The minimum Gasteiger partial charge on any atom is -0.354 e. The lowest BCUT2D eigenvalue weighted by atomic mass is 10.1. The Hall–Kier alpha value is -1.97. The molecule has 1 aliphatic rings. The third-order valence-corrected chi connectivity index (χ3v) is 7.82. The zero-order valence-electron chi connectivity index (χ0n) is 15.2. The maximum absolute atomic E-state index is 12.4. The molecule has 2 amide bonds. The van der Waals surface area contributed by atoms with Crippen LogP contribution in [0.1, 0.15) is 26.5 Å². The lowest BCUT2D eigenvalue weighted by Gasteiger charge is -2.27. The molecule has 0 saturated carbocycles. The van der Waals surface area contributed by atoms with Gasteiger partial charge in [-0.2, -0.15) is 0 Å². The second-order valence-electron chi connectivity index (χ2n) is 6.61. The molecule has 0 unspecified atom stereocenters. The van der Waals surface area contributed by atoms with E-state index in [1.54, 1.807) is 22.7 Å². The molecular formula is C18H20N4O2S3. The molecule has 1 aliphatic heterocycles. The topological polar surface area (TPSA) is 65.5 Å². The Labute approximate surface area is 169 Å². The van der Waals surface area contributed by atoms with Crippen molar-refractivity contribution in [1.82, 2.24) is 15.2 Å². The van der Waals surface area contributed by atoms with E-state index in [0.29, 0.717) is 24.4 Å². The summed E-state index contributed by atoms with van der Waals surface area (Å²) >= 11 is 4.72. The molecule has 1 N–H and O–H groups in total. The summed E-state index contributed by atoms with van der Waals surface area (Å²) < 4.78 is 1.02. The summed E-state index contributed by atoms with van der Waals surface area (Å²) in [6.07, 6.45) is 1.26. The molecular weight excluding hydrogens is 400 g/mol. The van der Waals surface area contributed by atoms with Gasteiger partial charge in [0.15, 0.2) is 5.13 Å². The summed E-state index contributed by atoms with van der Waals surface area (Å²) in [4.78, 5) is 36.0. The highest BCUT2D eigenvalue weighted by atomic mass is 32.1. The zero-order chi connectivity index (χ0) is 19.0. The number of carbonyl (C=O) groups is 2. The van der Waals surface area contributed by atoms with E-state index in [1.807, 2.05) is 30.0 Å². The van der Waals surface area contributed by atoms with Crippen LogP contribution in [0, 0.1) is 0 Å². The van der Waals surface area contributed by atoms with Crippen LogP contribution in [0.5, 0.6) is 0 Å². The number of nitrogens with one attached hydrogen (secondary N) is 1. The van der Waals surface area contributed by atoms with E-state index >= 15 is 0 Å². The molecule has 0 aliphatic carbocycles. The van der Waals surface area contributed by atoms with Crippen LogP contribution >= 0.6 is 34.0 Å². The van der Waals surface area contributed by atoms with Gasteiger partial charge in [0.2, 0.25) is 5.91 Å². The fraction of sp³-hybridized carbons (Fsp3) is 0.389. The van der Waals surface area contributed by atoms with Gasteiger partial charge in [-0.05, 0) is 29.5 Å². The Morgan fingerprint density at radius 1 is 1.33 bits per heavy atom. The molecule has 9 heteroatoms. The van der Waals surface area contributed by atoms with Crippen LogP contribution < -0.4 is 10.2 Å². The zero-order valence-corrected chi connectivity index (χ0v) is 17.6. The number of fused-ring (bicyclic) bond motifs is 2. The van der Waals surface area contributed by atoms with Crippen LogP contribution in [0.4, 0.5) is 5.13 Å². The summed E-state index contributed by atoms with van der Waals surface area (Å²) in [5.41, 5.74) is 1.26. The summed E-state index contributed by atoms with van der Waals surface area (Å²) in [5, 5.41) is 5.88. The van der Waals surface area contributed by atoms with Gasteiger partial charge in [-0.15, -0.1) is 22.7 Å². The van der Waals surface area contributed by atoms with Crippen LogP contribution in [0.3, 0.4) is 0 Å². The Kier molecular flexibility index (Phi) is 5.16. The van der Waals surface area contributed by atoms with Crippen LogP contribution in [0.25, 0.3) is 9.53 Å². The van der Waals surface area contributed by atoms with Crippen molar-refractivity contribution in [2.24, 2.45) is 0 Å². The average molecular weight is 421 g/mol. The first kappa shape index (κ1) is 18.4. The molecule has 0 spiro atoms. The van der Waals surface area contributed by atoms with Crippen molar-refractivity contribution >= 4 is 60.5 Å². The summed E-state index contributed by atoms with van der Waals surface area (Å²) in [7, 11) is 3.91. The lowest BCUT2D eigenvalue weighted by Crippen LogP contribution is -2.37. The molecule has 0 fully saturated rings. The largest absolute Gasteiger partial charge is 0.354 e. The number of thiazole rings is 1. The number of nitrogens with zero attached hydrogens (tertiary/aromatic N) is 3. The molecule has 3 aromatic heterocycles. The van der Waals surface area contributed by atoms with E-state index in [2.05, 4.69) is 21.7 Å². The van der Waals surface area contributed by atoms with Gasteiger partial charge >= 0.3 is 0 Å². The number of hydrogen-bond acceptors (Lipinski definition) is 7. The van der Waals surface area contributed by atoms with Crippen molar-refractivity contribution in [2.75, 3.05) is 32.1 Å². The van der Waals surface area contributed by atoms with E-state index < -0.39 is 0 Å². The van der Waals surface area contributed by atoms with E-state index in [4.69, 9.17) is 0 Å². The fourth-order valence-corrected chi connectivity index (χ4v) is 5.96. The van der Waals surface area contributed by atoms with Crippen molar-refractivity contribution in [3.63, 3.8) is 0 Å². The van der Waals surface area contributed by atoms with Crippen LogP contribution in [-0.2, 0) is 17.8 Å². The maximum atomic E-state index is 12.4. The normalized spacial score (nSPS) is 13.6. The minimum atomic E-state index is -0.136. The molecule has 0 aromatic carbocycles. The van der Waals surface area contributed by atoms with Crippen LogP contribution in [0.2, 0.25) is 0 Å². The highest BCUT2D eigenvalue weighted by molar-refractivity contribution is 7.29. The Bertz CT molecular complexity index is 956. The van der Waals surface area contributed by atoms with Gasteiger partial charge in [-0.3, -0.25) is 9.59 Å². The number of amides is 2. The minimum absolute atomic E-state index is 0.0941. The molecule has 0 atom stereocenters. The van der Waals surface area contributed by atoms with Crippen molar-refractivity contribution in [3.05, 3.63) is 32.8 Å². The Morgan fingerprint density at radius 3 is 2.96 bits per heavy atom. The summed E-state index contributed by atoms with van der Waals surface area (Å²) in [6.45, 7) is 1.81. The first-order valence-corrected chi connectivity index (χ1v) is 11.2. The molecule has 0 saturated heterocycles. The van der Waals surface area contributed by atoms with E-state index in [-0.39, 0.29) is 11.8 Å². The second-order valence-corrected chi connectivity index (χ2v) is 9.65. The first-order valence-electron chi connectivity index (χ1n) is 8.70. The van der Waals surface area contributed by atoms with Crippen molar-refractivity contribution < 1.29 is 9.59 Å². The summed E-state index contributed by atoms with van der Waals surface area (Å²) in [5.74, 6) is -0.0419. The monoisotopic (exact) mass is 420 g/mol. The summed E-state index contributed by atoms with van der Waals surface area (Å²) in [6, 6.07) is 3.98. The SMILES string of the molecule is CN(C)c1nc2sc(C(=O)NCCC(=O)N3CCc4sccc4C3)cc2s1. The highest BCUT2D eigenvalue weighted by Gasteiger charge is 2.21. The Balaban J connectivity index is 1.29. The number of aromatic nitrogens is 1. The van der Waals surface area contributed by atoms with Gasteiger partial charge in [0.25, 0.3) is 5.91 Å². The van der Waals surface area contributed by atoms with Crippen LogP contribution in [-0.4, -0.2) is 48.9 Å². The second kappa shape index (κ2) is 7.57. The predicted molar refractivity (Wildman–Crippen MR) is 112 cm³/mol. The van der Waals surface area contributed by atoms with Gasteiger partial charge in [0, 0.05) is 45.0 Å².